The molecule has 0 spiro atoms. The van der Waals surface area contributed by atoms with Gasteiger partial charge in [-0.2, -0.15) is 0 Å². The van der Waals surface area contributed by atoms with Crippen LogP contribution in [0.4, 0.5) is 28.4 Å². The van der Waals surface area contributed by atoms with Gasteiger partial charge in [-0.25, -0.2) is 0 Å². The van der Waals surface area contributed by atoms with Crippen molar-refractivity contribution < 1.29 is 13.7 Å². The molecule has 7 aromatic rings. The summed E-state index contributed by atoms with van der Waals surface area (Å²) < 4.78 is 90.9. The zero-order valence-corrected chi connectivity index (χ0v) is 32.8. The van der Waals surface area contributed by atoms with Crippen LogP contribution in [0.2, 0.25) is 0 Å². The van der Waals surface area contributed by atoms with Crippen molar-refractivity contribution in [3.8, 4) is 11.1 Å². The molecule has 3 aliphatic carbocycles. The van der Waals surface area contributed by atoms with Crippen molar-refractivity contribution >= 4 is 67.4 Å². The predicted octanol–water partition coefficient (Wildman–Crippen LogP) is 13.0. The van der Waals surface area contributed by atoms with Gasteiger partial charge in [-0.3, -0.25) is 0 Å². The normalized spacial score (nSPS) is 21.2. The van der Waals surface area contributed by atoms with E-state index in [0.717, 1.165) is 69.0 Å². The Morgan fingerprint density at radius 3 is 2.25 bits per heavy atom. The number of thiophene rings is 1. The molecule has 0 saturated carbocycles. The van der Waals surface area contributed by atoms with Crippen molar-refractivity contribution in [1.82, 2.24) is 0 Å². The lowest BCUT2D eigenvalue weighted by atomic mass is 9.33. The Labute approximate surface area is 365 Å². The van der Waals surface area contributed by atoms with Gasteiger partial charge in [0.05, 0.1) is 31.5 Å². The second kappa shape index (κ2) is 14.1. The monoisotopic (exact) mass is 785 g/mol. The number of nitrogens with zero attached hydrogens (tertiary/aromatic N) is 3. The Morgan fingerprint density at radius 2 is 1.47 bits per heavy atom. The lowest BCUT2D eigenvalue weighted by molar-refractivity contribution is 0.715. The molecule has 0 bridgehead atoms. The van der Waals surface area contributed by atoms with Crippen molar-refractivity contribution in [3.05, 3.63) is 221 Å². The molecule has 0 fully saturated rings. The molecule has 6 aromatic carbocycles. The number of allylic oxidation sites excluding steroid dienone is 4. The third kappa shape index (κ3) is 5.63. The molecule has 0 radical (unpaired) electrons. The smallest absolute Gasteiger partial charge is 0.259 e. The molecule has 5 heteroatoms. The summed E-state index contributed by atoms with van der Waals surface area (Å²) >= 11 is 1.80. The standard InChI is InChI=1S/C54H42BN3S/c1-5-16-37(17-6-1)40-29-33-51-46(35-40)53-54(59-51)55-47-32-31-45(56(41-20-7-2-8-21-41)42-22-9-3-10-23-42)36-50(47)57(43-24-11-4-12-25-43)48-26-15-27-49(52(48)55)58(53)44-30-28-38-18-13-14-19-39(38)34-44/h1-12,14-17,19-26,28-35,45,49H,13,18,27,36H2/i2D,3D,7D,8D,9D,10D,20D,21D,22D,23D. The third-order valence-electron chi connectivity index (χ3n) is 12.4. The zero-order chi connectivity index (χ0) is 47.6. The van der Waals surface area contributed by atoms with Gasteiger partial charge in [0, 0.05) is 55.4 Å². The lowest BCUT2D eigenvalue weighted by Gasteiger charge is -2.50. The van der Waals surface area contributed by atoms with Crippen molar-refractivity contribution in [3.63, 3.8) is 0 Å². The molecular weight excluding hydrogens is 733 g/mol. The fraction of sp³-hybridized carbons (Fsp3) is 0.111. The van der Waals surface area contributed by atoms with Crippen LogP contribution in [0, 0.1) is 0 Å². The number of fused-ring (bicyclic) bond motifs is 6. The summed E-state index contributed by atoms with van der Waals surface area (Å²) in [5, 5.41) is 1.17. The van der Waals surface area contributed by atoms with E-state index in [-0.39, 0.29) is 30.6 Å². The molecule has 59 heavy (non-hydrogen) atoms. The summed E-state index contributed by atoms with van der Waals surface area (Å²) in [4.78, 5) is 6.24. The Balaban J connectivity index is 1.11. The number of hydrogen-bond donors (Lipinski definition) is 0. The van der Waals surface area contributed by atoms with Gasteiger partial charge in [0.15, 0.2) is 0 Å². The first-order valence-electron chi connectivity index (χ1n) is 25.2. The van der Waals surface area contributed by atoms with Crippen LogP contribution in [0.3, 0.4) is 0 Å². The molecule has 12 rings (SSSR count). The molecule has 0 N–H and O–H groups in total. The van der Waals surface area contributed by atoms with Crippen molar-refractivity contribution in [2.75, 3.05) is 14.7 Å². The van der Waals surface area contributed by atoms with Crippen LogP contribution in [0.5, 0.6) is 0 Å². The van der Waals surface area contributed by atoms with Gasteiger partial charge < -0.3 is 14.7 Å². The highest BCUT2D eigenvalue weighted by Crippen LogP contribution is 2.52. The first kappa shape index (κ1) is 25.7. The average molecular weight is 786 g/mol. The van der Waals surface area contributed by atoms with Gasteiger partial charge in [-0.1, -0.05) is 127 Å². The van der Waals surface area contributed by atoms with Crippen LogP contribution in [0.1, 0.15) is 44.1 Å². The minimum atomic E-state index is -0.869. The van der Waals surface area contributed by atoms with Gasteiger partial charge >= 0.3 is 0 Å². The highest BCUT2D eigenvalue weighted by atomic mass is 32.1. The van der Waals surface area contributed by atoms with Gasteiger partial charge in [-0.05, 0) is 119 Å². The maximum Gasteiger partial charge on any atom is 0.259 e. The second-order valence-electron chi connectivity index (χ2n) is 15.5. The van der Waals surface area contributed by atoms with Crippen molar-refractivity contribution in [1.29, 1.82) is 0 Å². The minimum Gasteiger partial charge on any atom is -0.334 e. The van der Waals surface area contributed by atoms with Crippen LogP contribution in [-0.4, -0.2) is 18.8 Å². The predicted molar refractivity (Wildman–Crippen MR) is 252 cm³/mol. The number of benzene rings is 6. The topological polar surface area (TPSA) is 9.72 Å². The summed E-state index contributed by atoms with van der Waals surface area (Å²) in [7, 11) is 0. The van der Waals surface area contributed by atoms with Gasteiger partial charge in [0.25, 0.3) is 6.71 Å². The van der Waals surface area contributed by atoms with Gasteiger partial charge in [0.1, 0.15) is 0 Å². The first-order valence-corrected chi connectivity index (χ1v) is 21.0. The van der Waals surface area contributed by atoms with E-state index in [2.05, 4.69) is 113 Å². The van der Waals surface area contributed by atoms with Crippen LogP contribution in [0.25, 0.3) is 27.3 Å². The molecular formula is C54H42BN3S. The maximum absolute atomic E-state index is 9.20. The molecule has 0 amide bonds. The highest BCUT2D eigenvalue weighted by molar-refractivity contribution is 7.32. The van der Waals surface area contributed by atoms with E-state index in [4.69, 9.17) is 8.22 Å². The number of anilines is 5. The van der Waals surface area contributed by atoms with Gasteiger partial charge in [-0.15, -0.1) is 11.3 Å². The molecule has 2 unspecified atom stereocenters. The van der Waals surface area contributed by atoms with Crippen LogP contribution in [-0.2, 0) is 6.42 Å². The zero-order valence-electron chi connectivity index (χ0n) is 42.0. The summed E-state index contributed by atoms with van der Waals surface area (Å²) in [6.45, 7) is -0.196. The van der Waals surface area contributed by atoms with E-state index in [1.165, 1.54) is 31.7 Å². The molecule has 0 saturated heterocycles. The first-order chi connectivity index (χ1) is 33.4. The van der Waals surface area contributed by atoms with E-state index in [1.54, 1.807) is 11.3 Å². The summed E-state index contributed by atoms with van der Waals surface area (Å²) in [6.07, 6.45) is 15.9. The van der Waals surface area contributed by atoms with E-state index in [0.29, 0.717) is 0 Å². The van der Waals surface area contributed by atoms with Crippen molar-refractivity contribution in [2.24, 2.45) is 0 Å². The Hall–Kier alpha value is -6.56. The van der Waals surface area contributed by atoms with Crippen molar-refractivity contribution in [2.45, 2.75) is 37.8 Å². The molecule has 5 aliphatic rings. The Kier molecular flexibility index (Phi) is 6.14. The average Bonchev–Trinajstić information content (AvgIpc) is 3.76. The quantitative estimate of drug-likeness (QED) is 0.156. The molecule has 2 aliphatic heterocycles. The van der Waals surface area contributed by atoms with E-state index < -0.39 is 66.5 Å². The number of aryl methyl sites for hydroxylation is 1. The fourth-order valence-corrected chi connectivity index (χ4v) is 11.2. The van der Waals surface area contributed by atoms with Gasteiger partial charge in [0.2, 0.25) is 0 Å². The van der Waals surface area contributed by atoms with Crippen LogP contribution in [0.15, 0.2) is 210 Å². The van der Waals surface area contributed by atoms with E-state index >= 15 is 0 Å². The number of rotatable bonds is 6. The lowest BCUT2D eigenvalue weighted by Crippen LogP contribution is -2.56. The van der Waals surface area contributed by atoms with Crippen LogP contribution < -0.4 is 19.5 Å². The van der Waals surface area contributed by atoms with E-state index in [9.17, 15) is 5.48 Å². The maximum atomic E-state index is 9.20. The largest absolute Gasteiger partial charge is 0.334 e. The summed E-state index contributed by atoms with van der Waals surface area (Å²) in [5.41, 5.74) is 11.7. The Bertz CT molecular complexity index is 3380. The Morgan fingerprint density at radius 1 is 0.712 bits per heavy atom. The van der Waals surface area contributed by atoms with E-state index in [1.807, 2.05) is 30.3 Å². The summed E-state index contributed by atoms with van der Waals surface area (Å²) in [6, 6.07) is 27.6. The highest BCUT2D eigenvalue weighted by Gasteiger charge is 2.50. The molecule has 3 heterocycles. The minimum absolute atomic E-state index is 0.0775. The summed E-state index contributed by atoms with van der Waals surface area (Å²) in [5.74, 6) is 0. The van der Waals surface area contributed by atoms with Crippen LogP contribution >= 0.6 is 11.3 Å². The molecule has 2 atom stereocenters. The number of para-hydroxylation sites is 3. The number of hydrogen-bond acceptors (Lipinski definition) is 4. The molecule has 1 aromatic heterocycles. The SMILES string of the molecule is [2H]c1c([2H])c([2H])c(N(c2c([2H])c([2H])c([2H])c([2H])c2[2H])C2C=CC3=C(C2)N(c2ccccc2)C2=C4B3c3sc5ccc(-c6ccccc6)cc5c3N(c3ccc5c(c3)C=CCC5)C4CC=C2)c([2H])c1[2H]. The molecule has 3 nitrogen and oxygen atoms in total. The fourth-order valence-electron chi connectivity index (χ4n) is 9.87. The third-order valence-corrected chi connectivity index (χ3v) is 13.6. The second-order valence-corrected chi connectivity index (χ2v) is 16.6. The molecule has 282 valence electrons.